The lowest BCUT2D eigenvalue weighted by atomic mass is 10.1. The summed E-state index contributed by atoms with van der Waals surface area (Å²) in [7, 11) is 0. The first-order chi connectivity index (χ1) is 12.6. The lowest BCUT2D eigenvalue weighted by molar-refractivity contribution is -0.253. The van der Waals surface area contributed by atoms with E-state index in [0.29, 0.717) is 17.0 Å². The van der Waals surface area contributed by atoms with Gasteiger partial charge in [0.25, 0.3) is 0 Å². The monoisotopic (exact) mass is 407 g/mol. The van der Waals surface area contributed by atoms with Gasteiger partial charge in [0.15, 0.2) is 5.75 Å². The van der Waals surface area contributed by atoms with E-state index >= 15 is 0 Å². The molecule has 2 aromatic rings. The van der Waals surface area contributed by atoms with E-state index in [-0.39, 0.29) is 12.4 Å². The summed E-state index contributed by atoms with van der Waals surface area (Å²) in [4.78, 5) is 13.5. The number of anilines is 1. The standard InChI is InChI=1S/C17H18ClF4N3O2/c1-10-5-4-6-13(27-17(21,22)16(19)20)15(10)24(14(26)8-18)9-25-12(3)7-11(2)23-25/h4-7,16H,8-9H2,1-3H3. The van der Waals surface area contributed by atoms with Gasteiger partial charge in [-0.3, -0.25) is 9.69 Å². The lowest BCUT2D eigenvalue weighted by Gasteiger charge is -2.28. The zero-order chi connectivity index (χ0) is 20.4. The minimum absolute atomic E-state index is 0.0731. The van der Waals surface area contributed by atoms with E-state index < -0.39 is 30.1 Å². The number of aromatic nitrogens is 2. The minimum Gasteiger partial charge on any atom is -0.426 e. The second-order valence-electron chi connectivity index (χ2n) is 5.91. The molecule has 2 rings (SSSR count). The van der Waals surface area contributed by atoms with Gasteiger partial charge < -0.3 is 4.74 Å². The number of hydrogen-bond donors (Lipinski definition) is 0. The van der Waals surface area contributed by atoms with Crippen LogP contribution in [0, 0.1) is 20.8 Å². The van der Waals surface area contributed by atoms with Crippen molar-refractivity contribution in [3.63, 3.8) is 0 Å². The molecule has 0 unspecified atom stereocenters. The average molecular weight is 408 g/mol. The predicted octanol–water partition coefficient (Wildman–Crippen LogP) is 4.27. The van der Waals surface area contributed by atoms with Crippen molar-refractivity contribution >= 4 is 23.2 Å². The largest absolute Gasteiger partial charge is 0.461 e. The molecular formula is C17H18ClF4N3O2. The van der Waals surface area contributed by atoms with Crippen molar-refractivity contribution in [3.8, 4) is 5.75 Å². The maximum absolute atomic E-state index is 13.5. The Morgan fingerprint density at radius 1 is 1.33 bits per heavy atom. The van der Waals surface area contributed by atoms with Crippen LogP contribution in [0.25, 0.3) is 0 Å². The van der Waals surface area contributed by atoms with Crippen LogP contribution in [0.15, 0.2) is 24.3 Å². The maximum atomic E-state index is 13.5. The Morgan fingerprint density at radius 3 is 2.52 bits per heavy atom. The van der Waals surface area contributed by atoms with Gasteiger partial charge in [-0.05, 0) is 38.5 Å². The highest BCUT2D eigenvalue weighted by atomic mass is 35.5. The van der Waals surface area contributed by atoms with Gasteiger partial charge in [-0.15, -0.1) is 11.6 Å². The zero-order valence-electron chi connectivity index (χ0n) is 14.8. The average Bonchev–Trinajstić information content (AvgIpc) is 2.89. The normalized spacial score (nSPS) is 11.7. The predicted molar refractivity (Wildman–Crippen MR) is 92.7 cm³/mol. The van der Waals surface area contributed by atoms with Crippen LogP contribution in [-0.4, -0.2) is 34.1 Å². The van der Waals surface area contributed by atoms with Gasteiger partial charge in [0.1, 0.15) is 12.5 Å². The molecule has 0 atom stereocenters. The summed E-state index contributed by atoms with van der Waals surface area (Å²) in [5.41, 5.74) is 1.71. The van der Waals surface area contributed by atoms with Gasteiger partial charge in [0.05, 0.1) is 11.4 Å². The molecule has 0 N–H and O–H groups in total. The maximum Gasteiger partial charge on any atom is 0.461 e. The molecule has 1 aromatic heterocycles. The number of rotatable bonds is 7. The van der Waals surface area contributed by atoms with Crippen molar-refractivity contribution < 1.29 is 27.1 Å². The molecule has 10 heteroatoms. The molecule has 0 saturated heterocycles. The fourth-order valence-electron chi connectivity index (χ4n) is 2.55. The first kappa shape index (κ1) is 21.0. The Labute approximate surface area is 158 Å². The summed E-state index contributed by atoms with van der Waals surface area (Å²) in [5.74, 6) is -1.62. The van der Waals surface area contributed by atoms with Crippen LogP contribution in [0.2, 0.25) is 0 Å². The van der Waals surface area contributed by atoms with Gasteiger partial charge in [-0.1, -0.05) is 12.1 Å². The number of carbonyl (C=O) groups excluding carboxylic acids is 1. The number of carbonyl (C=O) groups is 1. The third-order valence-corrected chi connectivity index (χ3v) is 3.99. The van der Waals surface area contributed by atoms with Crippen molar-refractivity contribution in [2.75, 3.05) is 10.8 Å². The number of nitrogens with zero attached hydrogens (tertiary/aromatic N) is 3. The number of halogens is 5. The van der Waals surface area contributed by atoms with E-state index in [9.17, 15) is 22.4 Å². The SMILES string of the molecule is Cc1cc(C)n(CN(C(=O)CCl)c2c(C)cccc2OC(F)(F)C(F)F)n1. The van der Waals surface area contributed by atoms with Crippen molar-refractivity contribution in [1.82, 2.24) is 9.78 Å². The molecule has 0 aliphatic carbocycles. The molecule has 1 amide bonds. The Hall–Kier alpha value is -2.29. The molecule has 1 aromatic carbocycles. The van der Waals surface area contributed by atoms with E-state index in [4.69, 9.17) is 11.6 Å². The van der Waals surface area contributed by atoms with Crippen molar-refractivity contribution in [3.05, 3.63) is 41.2 Å². The molecular weight excluding hydrogens is 390 g/mol. The molecule has 27 heavy (non-hydrogen) atoms. The number of hydrogen-bond acceptors (Lipinski definition) is 3. The number of benzene rings is 1. The Balaban J connectivity index is 2.52. The molecule has 5 nitrogen and oxygen atoms in total. The first-order valence-corrected chi connectivity index (χ1v) is 8.42. The summed E-state index contributed by atoms with van der Waals surface area (Å²) in [6.45, 7) is 4.90. The summed E-state index contributed by atoms with van der Waals surface area (Å²) < 4.78 is 57.8. The van der Waals surface area contributed by atoms with Crippen LogP contribution >= 0.6 is 11.6 Å². The topological polar surface area (TPSA) is 47.4 Å². The quantitative estimate of drug-likeness (QED) is 0.508. The van der Waals surface area contributed by atoms with Gasteiger partial charge in [-0.25, -0.2) is 4.68 Å². The molecule has 0 aliphatic rings. The number of alkyl halides is 5. The van der Waals surface area contributed by atoms with E-state index in [1.165, 1.54) is 10.7 Å². The summed E-state index contributed by atoms with van der Waals surface area (Å²) in [6, 6.07) is 5.76. The number of amides is 1. The highest BCUT2D eigenvalue weighted by molar-refractivity contribution is 6.29. The van der Waals surface area contributed by atoms with Gasteiger partial charge in [0.2, 0.25) is 5.91 Å². The molecule has 0 bridgehead atoms. The fourth-order valence-corrected chi connectivity index (χ4v) is 2.69. The van der Waals surface area contributed by atoms with Crippen LogP contribution in [-0.2, 0) is 11.5 Å². The first-order valence-electron chi connectivity index (χ1n) is 7.88. The Kier molecular flexibility index (Phi) is 6.35. The van der Waals surface area contributed by atoms with E-state index in [1.54, 1.807) is 32.9 Å². The van der Waals surface area contributed by atoms with Gasteiger partial charge >= 0.3 is 12.5 Å². The minimum atomic E-state index is -4.71. The molecule has 0 radical (unpaired) electrons. The number of aryl methyl sites for hydroxylation is 3. The molecule has 0 aliphatic heterocycles. The summed E-state index contributed by atoms with van der Waals surface area (Å²) >= 11 is 5.67. The van der Waals surface area contributed by atoms with Crippen molar-refractivity contribution in [1.29, 1.82) is 0 Å². The molecule has 0 saturated carbocycles. The van der Waals surface area contributed by atoms with Crippen LogP contribution in [0.3, 0.4) is 0 Å². The molecule has 0 spiro atoms. The third-order valence-electron chi connectivity index (χ3n) is 3.76. The van der Waals surface area contributed by atoms with Gasteiger partial charge in [0, 0.05) is 5.69 Å². The highest BCUT2D eigenvalue weighted by Gasteiger charge is 2.45. The fraction of sp³-hybridized carbons (Fsp3) is 0.412. The number of para-hydroxylation sites is 1. The lowest BCUT2D eigenvalue weighted by Crippen LogP contribution is -2.37. The molecule has 1 heterocycles. The second-order valence-corrected chi connectivity index (χ2v) is 6.18. The van der Waals surface area contributed by atoms with Crippen LogP contribution in [0.5, 0.6) is 5.75 Å². The molecule has 0 fully saturated rings. The van der Waals surface area contributed by atoms with Crippen molar-refractivity contribution in [2.45, 2.75) is 40.0 Å². The molecule has 148 valence electrons. The van der Waals surface area contributed by atoms with Gasteiger partial charge in [-0.2, -0.15) is 22.7 Å². The van der Waals surface area contributed by atoms with Crippen molar-refractivity contribution in [2.24, 2.45) is 0 Å². The summed E-state index contributed by atoms with van der Waals surface area (Å²) in [5, 5.41) is 4.23. The number of ether oxygens (including phenoxy) is 1. The Morgan fingerprint density at radius 2 is 2.00 bits per heavy atom. The highest BCUT2D eigenvalue weighted by Crippen LogP contribution is 2.37. The summed E-state index contributed by atoms with van der Waals surface area (Å²) in [6.07, 6.45) is -8.74. The van der Waals surface area contributed by atoms with E-state index in [0.717, 1.165) is 11.0 Å². The second kappa shape index (κ2) is 8.16. The van der Waals surface area contributed by atoms with Crippen LogP contribution < -0.4 is 9.64 Å². The smallest absolute Gasteiger partial charge is 0.426 e. The van der Waals surface area contributed by atoms with Crippen LogP contribution in [0.1, 0.15) is 17.0 Å². The van der Waals surface area contributed by atoms with Crippen LogP contribution in [0.4, 0.5) is 23.2 Å². The van der Waals surface area contributed by atoms with E-state index in [1.807, 2.05) is 0 Å². The zero-order valence-corrected chi connectivity index (χ0v) is 15.6. The van der Waals surface area contributed by atoms with E-state index in [2.05, 4.69) is 9.84 Å². The third kappa shape index (κ3) is 4.71. The Bertz CT molecular complexity index is 827.